The number of aliphatic hydroxyl groups is 1. The molecule has 3 fully saturated rings. The molecule has 6 heteroatoms. The van der Waals surface area contributed by atoms with E-state index >= 15 is 0 Å². The second kappa shape index (κ2) is 13.8. The third kappa shape index (κ3) is 8.16. The normalized spacial score (nSPS) is 38.9. The van der Waals surface area contributed by atoms with E-state index in [1.165, 1.54) is 24.0 Å². The van der Waals surface area contributed by atoms with Gasteiger partial charge >= 0.3 is 5.97 Å². The number of aliphatic hydroxyl groups excluding tert-OH is 1. The number of carboxylic acids is 1. The number of hydrogen-bond acceptors (Lipinski definition) is 5. The molecule has 2 aliphatic heterocycles. The summed E-state index contributed by atoms with van der Waals surface area (Å²) in [5.74, 6) is 0.903. The van der Waals surface area contributed by atoms with Gasteiger partial charge in [0.1, 0.15) is 6.10 Å². The zero-order chi connectivity index (χ0) is 28.1. The minimum absolute atomic E-state index is 0.0309. The summed E-state index contributed by atoms with van der Waals surface area (Å²) in [6, 6.07) is 0.276. The Kier molecular flexibility index (Phi) is 10.7. The highest BCUT2D eigenvalue weighted by atomic mass is 16.5. The summed E-state index contributed by atoms with van der Waals surface area (Å²) in [5, 5.41) is 24.1. The van der Waals surface area contributed by atoms with Crippen molar-refractivity contribution in [2.24, 2.45) is 23.7 Å². The summed E-state index contributed by atoms with van der Waals surface area (Å²) in [7, 11) is 0. The van der Waals surface area contributed by atoms with E-state index in [0.717, 1.165) is 25.7 Å². The van der Waals surface area contributed by atoms with E-state index in [-0.39, 0.29) is 30.8 Å². The monoisotopic (exact) mass is 541 g/mol. The molecule has 0 aromatic carbocycles. The van der Waals surface area contributed by atoms with Gasteiger partial charge in [0.2, 0.25) is 0 Å². The predicted molar refractivity (Wildman–Crippen MR) is 155 cm³/mol. The second-order valence-electron chi connectivity index (χ2n) is 12.6. The van der Waals surface area contributed by atoms with Gasteiger partial charge < -0.3 is 25.0 Å². The first-order chi connectivity index (χ1) is 18.7. The number of ether oxygens (including phenoxy) is 2. The van der Waals surface area contributed by atoms with Crippen molar-refractivity contribution in [2.45, 2.75) is 129 Å². The lowest BCUT2D eigenvalue weighted by Gasteiger charge is -2.39. The average molecular weight is 542 g/mol. The van der Waals surface area contributed by atoms with Gasteiger partial charge in [-0.15, -0.1) is 0 Å². The number of nitrogens with one attached hydrogen (secondary N) is 1. The molecule has 6 nitrogen and oxygen atoms in total. The Morgan fingerprint density at radius 2 is 1.90 bits per heavy atom. The van der Waals surface area contributed by atoms with Crippen LogP contribution in [0.1, 0.15) is 86.0 Å². The van der Waals surface area contributed by atoms with Crippen LogP contribution in [0.2, 0.25) is 0 Å². The summed E-state index contributed by atoms with van der Waals surface area (Å²) >= 11 is 0. The minimum Gasteiger partial charge on any atom is -0.481 e. The van der Waals surface area contributed by atoms with Crippen LogP contribution in [0, 0.1) is 23.7 Å². The van der Waals surface area contributed by atoms with E-state index in [9.17, 15) is 15.0 Å². The summed E-state index contributed by atoms with van der Waals surface area (Å²) in [5.41, 5.74) is 2.65. The Balaban J connectivity index is 1.32. The average Bonchev–Trinajstić information content (AvgIpc) is 3.22. The molecule has 39 heavy (non-hydrogen) atoms. The van der Waals surface area contributed by atoms with Crippen molar-refractivity contribution in [3.63, 3.8) is 0 Å². The number of carboxylic acid groups (broad SMARTS) is 1. The molecule has 0 spiro atoms. The van der Waals surface area contributed by atoms with Gasteiger partial charge in [-0.3, -0.25) is 4.79 Å². The Morgan fingerprint density at radius 1 is 1.18 bits per heavy atom. The van der Waals surface area contributed by atoms with Gasteiger partial charge in [-0.25, -0.2) is 0 Å². The van der Waals surface area contributed by atoms with Gasteiger partial charge in [0.25, 0.3) is 0 Å². The fraction of sp³-hybridized carbons (Fsp3) is 0.727. The molecule has 0 amide bonds. The molecule has 2 saturated carbocycles. The quantitative estimate of drug-likeness (QED) is 0.279. The van der Waals surface area contributed by atoms with Crippen LogP contribution in [-0.2, 0) is 14.3 Å². The van der Waals surface area contributed by atoms with E-state index in [1.54, 1.807) is 0 Å². The standard InChI is InChI=1S/C33H51NO5/c1-6-29-21(3)12-15-30(39-29)22(4)17-20(2)11-13-26-23(5)27(26)14-16-31-33(37)28(34-24-9-7-8-10-24)18-25(38-31)19-32(35)36/h11-14,16-17,20,23-31,33-34,37H,6-10,15,18-19H2,1-5H3,(H,35,36)/b13-11+,16-14+,22-17+/t20-,23-,25+,26+,27+,28+,29-,30-,31+,33-/m1/s1. The van der Waals surface area contributed by atoms with Crippen molar-refractivity contribution in [3.05, 3.63) is 47.6 Å². The smallest absolute Gasteiger partial charge is 0.305 e. The molecule has 0 bridgehead atoms. The van der Waals surface area contributed by atoms with Gasteiger partial charge in [0.05, 0.1) is 30.8 Å². The largest absolute Gasteiger partial charge is 0.481 e. The molecular weight excluding hydrogens is 490 g/mol. The molecule has 0 radical (unpaired) electrons. The summed E-state index contributed by atoms with van der Waals surface area (Å²) in [4.78, 5) is 11.4. The van der Waals surface area contributed by atoms with Crippen LogP contribution in [-0.4, -0.2) is 58.8 Å². The summed E-state index contributed by atoms with van der Waals surface area (Å²) in [6.07, 6.45) is 19.5. The van der Waals surface area contributed by atoms with Crippen LogP contribution in [0.5, 0.6) is 0 Å². The summed E-state index contributed by atoms with van der Waals surface area (Å²) < 4.78 is 12.4. The van der Waals surface area contributed by atoms with Gasteiger partial charge in [0, 0.05) is 12.1 Å². The van der Waals surface area contributed by atoms with Crippen LogP contribution >= 0.6 is 0 Å². The molecule has 1 saturated heterocycles. The number of aliphatic carboxylic acids is 1. The van der Waals surface area contributed by atoms with Crippen LogP contribution in [0.15, 0.2) is 47.6 Å². The molecule has 3 N–H and O–H groups in total. The lowest BCUT2D eigenvalue weighted by molar-refractivity contribution is -0.149. The van der Waals surface area contributed by atoms with Gasteiger partial charge in [0.15, 0.2) is 0 Å². The van der Waals surface area contributed by atoms with E-state index in [2.05, 4.69) is 70.3 Å². The van der Waals surface area contributed by atoms with Crippen LogP contribution in [0.3, 0.4) is 0 Å². The number of carbonyl (C=O) groups is 1. The lowest BCUT2D eigenvalue weighted by Crippen LogP contribution is -2.56. The first-order valence-corrected chi connectivity index (χ1v) is 15.3. The summed E-state index contributed by atoms with van der Waals surface area (Å²) in [6.45, 7) is 11.0. The maximum atomic E-state index is 11.4. The lowest BCUT2D eigenvalue weighted by atomic mass is 9.92. The van der Waals surface area contributed by atoms with Crippen molar-refractivity contribution in [1.29, 1.82) is 0 Å². The van der Waals surface area contributed by atoms with Crippen molar-refractivity contribution < 1.29 is 24.5 Å². The van der Waals surface area contributed by atoms with Gasteiger partial charge in [-0.1, -0.05) is 70.1 Å². The van der Waals surface area contributed by atoms with Gasteiger partial charge in [-0.2, -0.15) is 0 Å². The third-order valence-electron chi connectivity index (χ3n) is 9.39. The van der Waals surface area contributed by atoms with Crippen molar-refractivity contribution >= 4 is 5.97 Å². The number of allylic oxidation sites excluding steroid dienone is 4. The van der Waals surface area contributed by atoms with E-state index in [1.807, 2.05) is 6.08 Å². The van der Waals surface area contributed by atoms with Crippen LogP contribution in [0.25, 0.3) is 0 Å². The third-order valence-corrected chi connectivity index (χ3v) is 9.39. The van der Waals surface area contributed by atoms with E-state index in [0.29, 0.717) is 36.1 Å². The van der Waals surface area contributed by atoms with Crippen molar-refractivity contribution in [3.8, 4) is 0 Å². The fourth-order valence-electron chi connectivity index (χ4n) is 6.81. The van der Waals surface area contributed by atoms with Crippen LogP contribution < -0.4 is 5.32 Å². The zero-order valence-corrected chi connectivity index (χ0v) is 24.6. The first kappa shape index (κ1) is 30.2. The first-order valence-electron chi connectivity index (χ1n) is 15.3. The predicted octanol–water partition coefficient (Wildman–Crippen LogP) is 5.97. The Morgan fingerprint density at radius 3 is 2.59 bits per heavy atom. The molecule has 2 aliphatic carbocycles. The number of rotatable bonds is 11. The topological polar surface area (TPSA) is 88.0 Å². The molecule has 0 aromatic heterocycles. The molecule has 0 aromatic rings. The Bertz CT molecular complexity index is 948. The van der Waals surface area contributed by atoms with E-state index < -0.39 is 18.2 Å². The van der Waals surface area contributed by atoms with E-state index in [4.69, 9.17) is 9.47 Å². The highest BCUT2D eigenvalue weighted by molar-refractivity contribution is 5.67. The van der Waals surface area contributed by atoms with Gasteiger partial charge in [-0.05, 0) is 80.8 Å². The minimum atomic E-state index is -0.857. The SMILES string of the molecule is CC[C@H]1O[C@@H](/C(C)=C/[C@H](C)/C=C/[C@H]2[C@@H](C)[C@@H]2/C=C/[C@@H]2O[C@H](CC(=O)O)C[C@H](NC3CCCC3)[C@H]2O)CC=C1C. The maximum absolute atomic E-state index is 11.4. The molecular formula is C33H51NO5. The Hall–Kier alpha value is -1.73. The molecule has 2 heterocycles. The van der Waals surface area contributed by atoms with Crippen LogP contribution in [0.4, 0.5) is 0 Å². The molecule has 0 unspecified atom stereocenters. The molecule has 4 rings (SSSR count). The van der Waals surface area contributed by atoms with Crippen molar-refractivity contribution in [2.75, 3.05) is 0 Å². The molecule has 4 aliphatic rings. The highest BCUT2D eigenvalue weighted by Crippen LogP contribution is 2.48. The zero-order valence-electron chi connectivity index (χ0n) is 24.6. The Labute approximate surface area is 235 Å². The molecule has 10 atom stereocenters. The second-order valence-corrected chi connectivity index (χ2v) is 12.6. The number of hydrogen-bond donors (Lipinski definition) is 3. The highest BCUT2D eigenvalue weighted by Gasteiger charge is 2.44. The van der Waals surface area contributed by atoms with Crippen molar-refractivity contribution in [1.82, 2.24) is 5.32 Å². The fourth-order valence-corrected chi connectivity index (χ4v) is 6.81. The maximum Gasteiger partial charge on any atom is 0.305 e. The molecule has 218 valence electrons.